The number of likely N-dealkylation sites (tertiary alicyclic amines) is 1. The number of aliphatic hydroxyl groups excluding tert-OH is 1. The number of hydrogen-bond donors (Lipinski definition) is 1. The van der Waals surface area contributed by atoms with Crippen LogP contribution >= 0.6 is 15.9 Å². The maximum Gasteiger partial charge on any atom is 0.0762 e. The molecule has 112 valence electrons. The molecular weight excluding hydrogens is 316 g/mol. The van der Waals surface area contributed by atoms with Gasteiger partial charge in [0.15, 0.2) is 0 Å². The normalized spacial score (nSPS) is 19.1. The summed E-state index contributed by atoms with van der Waals surface area (Å²) in [5, 5.41) is 9.64. The molecule has 1 aliphatic heterocycles. The molecule has 1 N–H and O–H groups in total. The molecule has 2 rings (SSSR count). The molecule has 3 nitrogen and oxygen atoms in total. The standard InChI is InChI=1S/C16H25BrN2O/c1-4-19-9-7-14(8-10-19)18(3)16-6-5-13(12(2)20)11-15(16)17/h5-6,11-12,14,20H,4,7-10H2,1-3H3/t12-/m1/s1. The fraction of sp³-hybridized carbons (Fsp3) is 0.625. The van der Waals surface area contributed by atoms with Crippen molar-refractivity contribution in [3.63, 3.8) is 0 Å². The van der Waals surface area contributed by atoms with E-state index in [0.29, 0.717) is 6.04 Å². The van der Waals surface area contributed by atoms with E-state index in [1.54, 1.807) is 6.92 Å². The highest BCUT2D eigenvalue weighted by Gasteiger charge is 2.23. The van der Waals surface area contributed by atoms with E-state index in [0.717, 1.165) is 16.6 Å². The minimum Gasteiger partial charge on any atom is -0.389 e. The first-order valence-corrected chi connectivity index (χ1v) is 8.25. The van der Waals surface area contributed by atoms with Gasteiger partial charge >= 0.3 is 0 Å². The van der Waals surface area contributed by atoms with Crippen LogP contribution in [0.5, 0.6) is 0 Å². The molecule has 0 aromatic heterocycles. The topological polar surface area (TPSA) is 26.7 Å². The van der Waals surface area contributed by atoms with Gasteiger partial charge in [-0.05, 0) is 59.9 Å². The summed E-state index contributed by atoms with van der Waals surface area (Å²) in [5.74, 6) is 0. The SMILES string of the molecule is CCN1CCC(N(C)c2ccc([C@@H](C)O)cc2Br)CC1. The summed E-state index contributed by atoms with van der Waals surface area (Å²) in [6.45, 7) is 7.56. The average Bonchev–Trinajstić information content (AvgIpc) is 2.46. The van der Waals surface area contributed by atoms with Gasteiger partial charge < -0.3 is 14.9 Å². The monoisotopic (exact) mass is 340 g/mol. The molecule has 4 heteroatoms. The molecule has 0 amide bonds. The van der Waals surface area contributed by atoms with E-state index < -0.39 is 6.10 Å². The third-order valence-corrected chi connectivity index (χ3v) is 5.02. The second-order valence-corrected chi connectivity index (χ2v) is 6.52. The summed E-state index contributed by atoms with van der Waals surface area (Å²) in [4.78, 5) is 4.89. The van der Waals surface area contributed by atoms with Crippen molar-refractivity contribution in [2.75, 3.05) is 31.6 Å². The third kappa shape index (κ3) is 3.54. The molecule has 0 unspecified atom stereocenters. The van der Waals surface area contributed by atoms with Crippen LogP contribution in [0, 0.1) is 0 Å². The number of rotatable bonds is 4. The maximum atomic E-state index is 9.64. The Balaban J connectivity index is 2.07. The van der Waals surface area contributed by atoms with Gasteiger partial charge in [0.25, 0.3) is 0 Å². The number of benzene rings is 1. The summed E-state index contributed by atoms with van der Waals surface area (Å²) >= 11 is 3.64. The first-order valence-electron chi connectivity index (χ1n) is 7.45. The Morgan fingerprint density at radius 1 is 1.40 bits per heavy atom. The van der Waals surface area contributed by atoms with Crippen LogP contribution in [0.4, 0.5) is 5.69 Å². The second-order valence-electron chi connectivity index (χ2n) is 5.66. The van der Waals surface area contributed by atoms with E-state index in [1.165, 1.54) is 31.6 Å². The molecule has 1 heterocycles. The summed E-state index contributed by atoms with van der Waals surface area (Å²) in [7, 11) is 2.18. The lowest BCUT2D eigenvalue weighted by atomic mass is 10.0. The van der Waals surface area contributed by atoms with E-state index in [-0.39, 0.29) is 0 Å². The van der Waals surface area contributed by atoms with Crippen molar-refractivity contribution >= 4 is 21.6 Å². The van der Waals surface area contributed by atoms with Crippen LogP contribution in [-0.2, 0) is 0 Å². The summed E-state index contributed by atoms with van der Waals surface area (Å²) < 4.78 is 1.07. The molecule has 1 atom stereocenters. The molecule has 0 aliphatic carbocycles. The van der Waals surface area contributed by atoms with Gasteiger partial charge in [0.05, 0.1) is 11.8 Å². The summed E-state index contributed by atoms with van der Waals surface area (Å²) in [6.07, 6.45) is 2.02. The minimum atomic E-state index is -0.418. The fourth-order valence-corrected chi connectivity index (χ4v) is 3.56. The van der Waals surface area contributed by atoms with Crippen LogP contribution in [0.2, 0.25) is 0 Å². The highest BCUT2D eigenvalue weighted by atomic mass is 79.9. The minimum absolute atomic E-state index is 0.418. The highest BCUT2D eigenvalue weighted by molar-refractivity contribution is 9.10. The van der Waals surface area contributed by atoms with E-state index in [4.69, 9.17) is 0 Å². The van der Waals surface area contributed by atoms with E-state index in [2.05, 4.69) is 45.8 Å². The lowest BCUT2D eigenvalue weighted by Crippen LogP contribution is -2.43. The van der Waals surface area contributed by atoms with Gasteiger partial charge in [-0.25, -0.2) is 0 Å². The van der Waals surface area contributed by atoms with Crippen LogP contribution in [0.25, 0.3) is 0 Å². The van der Waals surface area contributed by atoms with Crippen molar-refractivity contribution in [2.45, 2.75) is 38.8 Å². The zero-order valence-electron chi connectivity index (χ0n) is 12.6. The molecule has 0 radical (unpaired) electrons. The van der Waals surface area contributed by atoms with Gasteiger partial charge in [-0.1, -0.05) is 13.0 Å². The van der Waals surface area contributed by atoms with Crippen molar-refractivity contribution in [1.82, 2.24) is 4.90 Å². The van der Waals surface area contributed by atoms with Gasteiger partial charge in [-0.2, -0.15) is 0 Å². The molecular formula is C16H25BrN2O. The Hall–Kier alpha value is -0.580. The van der Waals surface area contributed by atoms with Gasteiger partial charge in [-0.3, -0.25) is 0 Å². The Morgan fingerprint density at radius 2 is 2.05 bits per heavy atom. The van der Waals surface area contributed by atoms with E-state index in [1.807, 2.05) is 12.1 Å². The number of aliphatic hydroxyl groups is 1. The third-order valence-electron chi connectivity index (χ3n) is 4.39. The molecule has 1 aromatic carbocycles. The Bertz CT molecular complexity index is 442. The predicted molar refractivity (Wildman–Crippen MR) is 88.3 cm³/mol. The molecule has 1 aromatic rings. The van der Waals surface area contributed by atoms with Gasteiger partial charge in [0, 0.05) is 30.7 Å². The van der Waals surface area contributed by atoms with Crippen LogP contribution in [0.3, 0.4) is 0 Å². The number of hydrogen-bond acceptors (Lipinski definition) is 3. The number of nitrogens with zero attached hydrogens (tertiary/aromatic N) is 2. The molecule has 0 saturated carbocycles. The smallest absolute Gasteiger partial charge is 0.0762 e. The lowest BCUT2D eigenvalue weighted by molar-refractivity contribution is 0.199. The van der Waals surface area contributed by atoms with E-state index >= 15 is 0 Å². The van der Waals surface area contributed by atoms with Crippen molar-refractivity contribution in [3.8, 4) is 0 Å². The fourth-order valence-electron chi connectivity index (χ4n) is 2.89. The van der Waals surface area contributed by atoms with Gasteiger partial charge in [0.2, 0.25) is 0 Å². The first-order chi connectivity index (χ1) is 9.52. The number of halogens is 1. The zero-order chi connectivity index (χ0) is 14.7. The quantitative estimate of drug-likeness (QED) is 0.909. The van der Waals surface area contributed by atoms with Crippen molar-refractivity contribution in [1.29, 1.82) is 0 Å². The summed E-state index contributed by atoms with van der Waals surface area (Å²) in [5.41, 5.74) is 2.17. The molecule has 0 spiro atoms. The molecule has 1 aliphatic rings. The second kappa shape index (κ2) is 6.92. The molecule has 1 fully saturated rings. The van der Waals surface area contributed by atoms with E-state index in [9.17, 15) is 5.11 Å². The van der Waals surface area contributed by atoms with Crippen molar-refractivity contribution < 1.29 is 5.11 Å². The van der Waals surface area contributed by atoms with Crippen LogP contribution in [0.15, 0.2) is 22.7 Å². The van der Waals surface area contributed by atoms with Crippen LogP contribution < -0.4 is 4.90 Å². The molecule has 20 heavy (non-hydrogen) atoms. The number of anilines is 1. The Kier molecular flexibility index (Phi) is 5.47. The predicted octanol–water partition coefficient (Wildman–Crippen LogP) is 3.42. The summed E-state index contributed by atoms with van der Waals surface area (Å²) in [6, 6.07) is 6.75. The van der Waals surface area contributed by atoms with Crippen molar-refractivity contribution in [2.24, 2.45) is 0 Å². The largest absolute Gasteiger partial charge is 0.389 e. The average molecular weight is 341 g/mol. The van der Waals surface area contributed by atoms with Gasteiger partial charge in [0.1, 0.15) is 0 Å². The molecule has 0 bridgehead atoms. The van der Waals surface area contributed by atoms with Crippen LogP contribution in [0.1, 0.15) is 38.4 Å². The maximum absolute atomic E-state index is 9.64. The lowest BCUT2D eigenvalue weighted by Gasteiger charge is -2.38. The first kappa shape index (κ1) is 15.8. The number of piperidine rings is 1. The zero-order valence-corrected chi connectivity index (χ0v) is 14.2. The Morgan fingerprint density at radius 3 is 2.55 bits per heavy atom. The van der Waals surface area contributed by atoms with Gasteiger partial charge in [-0.15, -0.1) is 0 Å². The van der Waals surface area contributed by atoms with Crippen LogP contribution in [-0.4, -0.2) is 42.7 Å². The highest BCUT2D eigenvalue weighted by Crippen LogP contribution is 2.31. The Labute approximate surface area is 130 Å². The van der Waals surface area contributed by atoms with Crippen molar-refractivity contribution in [3.05, 3.63) is 28.2 Å². The molecule has 1 saturated heterocycles.